The van der Waals surface area contributed by atoms with Crippen LogP contribution in [0, 0.1) is 30.9 Å². The Bertz CT molecular complexity index is 1200. The predicted octanol–water partition coefficient (Wildman–Crippen LogP) is 5.63. The van der Waals surface area contributed by atoms with E-state index in [1.807, 2.05) is 4.90 Å². The number of piperazine rings is 1. The minimum absolute atomic E-state index is 0.0166. The molecule has 0 aromatic heterocycles. The molecular formula is C28H35F3N4O4. The van der Waals surface area contributed by atoms with Crippen LogP contribution < -0.4 is 10.2 Å². The first-order valence-corrected chi connectivity index (χ1v) is 13.3. The van der Waals surface area contributed by atoms with Gasteiger partial charge in [-0.3, -0.25) is 14.9 Å². The second-order valence-corrected chi connectivity index (χ2v) is 10.4. The highest BCUT2D eigenvalue weighted by Gasteiger charge is 2.38. The monoisotopic (exact) mass is 548 g/mol. The van der Waals surface area contributed by atoms with E-state index in [9.17, 15) is 28.1 Å². The highest BCUT2D eigenvalue weighted by atomic mass is 19.4. The van der Waals surface area contributed by atoms with Gasteiger partial charge >= 0.3 is 6.18 Å². The molecule has 8 nitrogen and oxygen atoms in total. The normalized spacial score (nSPS) is 20.2. The number of rotatable bonds is 7. The molecule has 1 saturated carbocycles. The van der Waals surface area contributed by atoms with Crippen LogP contribution in [0.3, 0.4) is 0 Å². The van der Waals surface area contributed by atoms with E-state index in [0.717, 1.165) is 25.2 Å². The Morgan fingerprint density at radius 3 is 2.31 bits per heavy atom. The first-order chi connectivity index (χ1) is 18.4. The molecular weight excluding hydrogens is 513 g/mol. The quantitative estimate of drug-likeness (QED) is 0.357. The Kier molecular flexibility index (Phi) is 8.68. The summed E-state index contributed by atoms with van der Waals surface area (Å²) in [6.45, 7) is 9.21. The maximum absolute atomic E-state index is 13.3. The predicted molar refractivity (Wildman–Crippen MR) is 143 cm³/mol. The van der Waals surface area contributed by atoms with E-state index < -0.39 is 22.4 Å². The molecule has 1 aliphatic heterocycles. The van der Waals surface area contributed by atoms with Crippen LogP contribution in [0.25, 0.3) is 0 Å². The van der Waals surface area contributed by atoms with Crippen LogP contribution in [0.5, 0.6) is 0 Å². The van der Waals surface area contributed by atoms with Crippen molar-refractivity contribution in [1.29, 1.82) is 0 Å². The molecule has 0 spiro atoms. The summed E-state index contributed by atoms with van der Waals surface area (Å²) in [6, 6.07) is 7.19. The van der Waals surface area contributed by atoms with Gasteiger partial charge in [-0.25, -0.2) is 0 Å². The number of benzene rings is 2. The lowest BCUT2D eigenvalue weighted by Gasteiger charge is -2.37. The van der Waals surface area contributed by atoms with Gasteiger partial charge in [-0.2, -0.15) is 13.2 Å². The maximum Gasteiger partial charge on any atom is 0.423 e. The molecule has 2 fully saturated rings. The third-order valence-corrected chi connectivity index (χ3v) is 7.99. The molecule has 212 valence electrons. The van der Waals surface area contributed by atoms with Crippen LogP contribution in [0.4, 0.5) is 30.2 Å². The summed E-state index contributed by atoms with van der Waals surface area (Å²) in [5.41, 5.74) is 3.03. The number of hydrogen-bond donors (Lipinski definition) is 1. The molecule has 0 bridgehead atoms. The highest BCUT2D eigenvalue weighted by molar-refractivity contribution is 5.78. The Morgan fingerprint density at radius 1 is 1.03 bits per heavy atom. The number of amides is 1. The second kappa shape index (κ2) is 11.8. The number of ether oxygens (including phenoxy) is 1. The summed E-state index contributed by atoms with van der Waals surface area (Å²) in [5, 5.41) is 14.0. The van der Waals surface area contributed by atoms with E-state index in [-0.39, 0.29) is 30.3 Å². The molecule has 1 heterocycles. The lowest BCUT2D eigenvalue weighted by Crippen LogP contribution is -2.50. The number of carbonyl (C=O) groups excluding carboxylic acids is 1. The molecule has 0 radical (unpaired) electrons. The van der Waals surface area contributed by atoms with Crippen molar-refractivity contribution in [3.05, 3.63) is 62.7 Å². The van der Waals surface area contributed by atoms with Crippen molar-refractivity contribution in [1.82, 2.24) is 4.90 Å². The summed E-state index contributed by atoms with van der Waals surface area (Å²) in [5.74, 6) is -0.0303. The van der Waals surface area contributed by atoms with E-state index in [1.54, 1.807) is 0 Å². The van der Waals surface area contributed by atoms with Gasteiger partial charge in [-0.15, -0.1) is 0 Å². The number of alkyl halides is 3. The van der Waals surface area contributed by atoms with Gasteiger partial charge in [-0.1, -0.05) is 6.07 Å². The fourth-order valence-electron chi connectivity index (χ4n) is 5.38. The lowest BCUT2D eigenvalue weighted by molar-refractivity contribution is -0.388. The van der Waals surface area contributed by atoms with Gasteiger partial charge in [0.2, 0.25) is 5.91 Å². The van der Waals surface area contributed by atoms with Crippen molar-refractivity contribution in [3.63, 3.8) is 0 Å². The van der Waals surface area contributed by atoms with Crippen LogP contribution in [0.15, 0.2) is 30.3 Å². The molecule has 1 saturated heterocycles. The summed E-state index contributed by atoms with van der Waals surface area (Å²) < 4.78 is 45.7. The van der Waals surface area contributed by atoms with Gasteiger partial charge in [0.1, 0.15) is 12.2 Å². The standard InChI is InChI=1S/C28H35F3N4O4/c1-18-4-10-25(20(3)19(18)2)33-12-14-34(15-13-33)27(36)17-39-23-8-5-21(6-9-23)32-22-7-11-26(35(37)38)24(16-22)28(29,30)31/h4,7,10-11,16,21,23,32H,5-6,8-9,12-15,17H2,1-3H3/t21-,23-. The van der Waals surface area contributed by atoms with Crippen LogP contribution in [-0.2, 0) is 15.7 Å². The molecule has 1 amide bonds. The largest absolute Gasteiger partial charge is 0.423 e. The summed E-state index contributed by atoms with van der Waals surface area (Å²) >= 11 is 0. The molecule has 0 unspecified atom stereocenters. The number of halogens is 3. The van der Waals surface area contributed by atoms with Crippen LogP contribution in [-0.4, -0.2) is 60.7 Å². The summed E-state index contributed by atoms with van der Waals surface area (Å²) in [7, 11) is 0. The molecule has 0 atom stereocenters. The van der Waals surface area contributed by atoms with E-state index in [2.05, 4.69) is 43.1 Å². The molecule has 1 N–H and O–H groups in total. The van der Waals surface area contributed by atoms with Gasteiger partial charge in [0, 0.05) is 49.7 Å². The third kappa shape index (κ3) is 6.81. The van der Waals surface area contributed by atoms with E-state index in [1.165, 1.54) is 28.4 Å². The molecule has 11 heteroatoms. The average Bonchev–Trinajstić information content (AvgIpc) is 2.91. The molecule has 1 aliphatic carbocycles. The topological polar surface area (TPSA) is 88.0 Å². The maximum atomic E-state index is 13.3. The first-order valence-electron chi connectivity index (χ1n) is 13.3. The van der Waals surface area contributed by atoms with Gasteiger partial charge in [0.25, 0.3) is 5.69 Å². The smallest absolute Gasteiger partial charge is 0.382 e. The van der Waals surface area contributed by atoms with E-state index >= 15 is 0 Å². The molecule has 39 heavy (non-hydrogen) atoms. The number of carbonyl (C=O) groups is 1. The Labute approximate surface area is 226 Å². The van der Waals surface area contributed by atoms with Crippen molar-refractivity contribution in [2.75, 3.05) is 43.0 Å². The Morgan fingerprint density at radius 2 is 1.69 bits per heavy atom. The molecule has 2 aromatic carbocycles. The number of anilines is 2. The second-order valence-electron chi connectivity index (χ2n) is 10.4. The van der Waals surface area contributed by atoms with Gasteiger partial charge in [0.05, 0.1) is 11.0 Å². The van der Waals surface area contributed by atoms with Crippen LogP contribution in [0.2, 0.25) is 0 Å². The number of aryl methyl sites for hydroxylation is 1. The number of nitrogens with one attached hydrogen (secondary N) is 1. The number of nitro benzene ring substituents is 1. The van der Waals surface area contributed by atoms with E-state index in [0.29, 0.717) is 38.8 Å². The third-order valence-electron chi connectivity index (χ3n) is 7.99. The highest BCUT2D eigenvalue weighted by Crippen LogP contribution is 2.38. The fraction of sp³-hybridized carbons (Fsp3) is 0.536. The SMILES string of the molecule is Cc1ccc(N2CCN(C(=O)CO[C@H]3CC[C@H](Nc4ccc([N+](=O)[O-])c(C(F)(F)F)c4)CC3)CC2)c(C)c1C. The van der Waals surface area contributed by atoms with Crippen LogP contribution >= 0.6 is 0 Å². The summed E-state index contributed by atoms with van der Waals surface area (Å²) in [4.78, 5) is 26.9. The molecule has 2 aromatic rings. The van der Waals surface area contributed by atoms with Crippen LogP contribution in [0.1, 0.15) is 47.9 Å². The number of nitrogens with zero attached hydrogens (tertiary/aromatic N) is 3. The van der Waals surface area contributed by atoms with Gasteiger partial charge in [0.15, 0.2) is 0 Å². The zero-order chi connectivity index (χ0) is 28.3. The van der Waals surface area contributed by atoms with Crippen molar-refractivity contribution in [3.8, 4) is 0 Å². The Hall–Kier alpha value is -3.34. The van der Waals surface area contributed by atoms with Crippen molar-refractivity contribution in [2.45, 2.75) is 64.8 Å². The van der Waals surface area contributed by atoms with Gasteiger partial charge in [-0.05, 0) is 81.3 Å². The zero-order valence-corrected chi connectivity index (χ0v) is 22.5. The number of nitro groups is 1. The van der Waals surface area contributed by atoms with Gasteiger partial charge < -0.3 is 19.9 Å². The van der Waals surface area contributed by atoms with Crippen molar-refractivity contribution in [2.24, 2.45) is 0 Å². The van der Waals surface area contributed by atoms with Crippen molar-refractivity contribution >= 4 is 23.0 Å². The average molecular weight is 549 g/mol. The van der Waals surface area contributed by atoms with E-state index in [4.69, 9.17) is 4.74 Å². The summed E-state index contributed by atoms with van der Waals surface area (Å²) in [6.07, 6.45) is -2.25. The first kappa shape index (κ1) is 28.7. The zero-order valence-electron chi connectivity index (χ0n) is 22.5. The fourth-order valence-corrected chi connectivity index (χ4v) is 5.38. The minimum Gasteiger partial charge on any atom is -0.382 e. The van der Waals surface area contributed by atoms with Crippen molar-refractivity contribution < 1.29 is 27.6 Å². The minimum atomic E-state index is -4.82. The Balaban J connectivity index is 1.21. The lowest BCUT2D eigenvalue weighted by atomic mass is 9.92. The molecule has 4 rings (SSSR count). The molecule has 2 aliphatic rings. The number of hydrogen-bond acceptors (Lipinski definition) is 6.